The van der Waals surface area contributed by atoms with Crippen LogP contribution in [0.2, 0.25) is 0 Å². The summed E-state index contributed by atoms with van der Waals surface area (Å²) in [5.41, 5.74) is 3.45. The number of amides is 2. The van der Waals surface area contributed by atoms with Crippen molar-refractivity contribution >= 4 is 29.3 Å². The standard InChI is InChI=1S/C24H28N2O5/c1-15(2)11-22(28)26-20-9-7-18(8-10-20)21(27)14-31-23(29)13-25-24(30)19-6-5-16(3)17(4)12-19/h5-10,12,15H,11,13-14H2,1-4H3,(H,25,30)(H,26,28). The molecule has 7 nitrogen and oxygen atoms in total. The summed E-state index contributed by atoms with van der Waals surface area (Å²) in [5, 5.41) is 5.24. The Hall–Kier alpha value is -3.48. The van der Waals surface area contributed by atoms with Gasteiger partial charge < -0.3 is 15.4 Å². The highest BCUT2D eigenvalue weighted by molar-refractivity contribution is 5.99. The van der Waals surface area contributed by atoms with Crippen LogP contribution >= 0.6 is 0 Å². The highest BCUT2D eigenvalue weighted by Gasteiger charge is 2.13. The first-order valence-electron chi connectivity index (χ1n) is 10.1. The molecule has 0 fully saturated rings. The minimum atomic E-state index is -0.705. The lowest BCUT2D eigenvalue weighted by molar-refractivity contribution is -0.141. The summed E-state index contributed by atoms with van der Waals surface area (Å²) in [6.45, 7) is 6.99. The third-order valence-electron chi connectivity index (χ3n) is 4.61. The molecule has 31 heavy (non-hydrogen) atoms. The van der Waals surface area contributed by atoms with Crippen molar-refractivity contribution in [3.8, 4) is 0 Å². The van der Waals surface area contributed by atoms with Gasteiger partial charge in [0.05, 0.1) is 0 Å². The lowest BCUT2D eigenvalue weighted by Gasteiger charge is -2.09. The molecule has 0 atom stereocenters. The van der Waals surface area contributed by atoms with Gasteiger partial charge in [-0.3, -0.25) is 19.2 Å². The average molecular weight is 424 g/mol. The largest absolute Gasteiger partial charge is 0.456 e. The van der Waals surface area contributed by atoms with Gasteiger partial charge in [-0.1, -0.05) is 19.9 Å². The Kier molecular flexibility index (Phi) is 8.49. The second kappa shape index (κ2) is 11.1. The minimum Gasteiger partial charge on any atom is -0.456 e. The Morgan fingerprint density at radius 2 is 1.55 bits per heavy atom. The summed E-state index contributed by atoms with van der Waals surface area (Å²) < 4.78 is 4.95. The van der Waals surface area contributed by atoms with Gasteiger partial charge in [0.1, 0.15) is 6.54 Å². The van der Waals surface area contributed by atoms with E-state index in [1.54, 1.807) is 36.4 Å². The highest BCUT2D eigenvalue weighted by atomic mass is 16.5. The Labute approximate surface area is 182 Å². The maximum absolute atomic E-state index is 12.2. The zero-order chi connectivity index (χ0) is 23.0. The molecule has 0 aliphatic heterocycles. The van der Waals surface area contributed by atoms with Crippen LogP contribution in [0.1, 0.15) is 52.1 Å². The molecule has 2 aromatic rings. The van der Waals surface area contributed by atoms with Gasteiger partial charge in [0.2, 0.25) is 5.91 Å². The van der Waals surface area contributed by atoms with Crippen LogP contribution in [0.4, 0.5) is 5.69 Å². The Morgan fingerprint density at radius 1 is 0.903 bits per heavy atom. The third kappa shape index (κ3) is 7.70. The van der Waals surface area contributed by atoms with Crippen LogP contribution in [-0.2, 0) is 14.3 Å². The molecular weight excluding hydrogens is 396 g/mol. The van der Waals surface area contributed by atoms with E-state index >= 15 is 0 Å². The number of benzene rings is 2. The van der Waals surface area contributed by atoms with Crippen LogP contribution in [-0.4, -0.2) is 36.7 Å². The molecule has 2 N–H and O–H groups in total. The Morgan fingerprint density at radius 3 is 2.16 bits per heavy atom. The first-order valence-corrected chi connectivity index (χ1v) is 10.1. The summed E-state index contributed by atoms with van der Waals surface area (Å²) in [7, 11) is 0. The quantitative estimate of drug-likeness (QED) is 0.474. The van der Waals surface area contributed by atoms with Gasteiger partial charge in [-0.2, -0.15) is 0 Å². The zero-order valence-electron chi connectivity index (χ0n) is 18.3. The van der Waals surface area contributed by atoms with Crippen LogP contribution in [0.15, 0.2) is 42.5 Å². The van der Waals surface area contributed by atoms with Crippen molar-refractivity contribution in [2.45, 2.75) is 34.1 Å². The van der Waals surface area contributed by atoms with E-state index in [9.17, 15) is 19.2 Å². The second-order valence-electron chi connectivity index (χ2n) is 7.79. The molecule has 0 aromatic heterocycles. The smallest absolute Gasteiger partial charge is 0.325 e. The van der Waals surface area contributed by atoms with Gasteiger partial charge in [-0.05, 0) is 67.3 Å². The lowest BCUT2D eigenvalue weighted by atomic mass is 10.1. The first kappa shape index (κ1) is 23.8. The van der Waals surface area contributed by atoms with E-state index in [1.807, 2.05) is 33.8 Å². The van der Waals surface area contributed by atoms with E-state index in [0.717, 1.165) is 11.1 Å². The van der Waals surface area contributed by atoms with E-state index < -0.39 is 12.6 Å². The number of rotatable bonds is 9. The van der Waals surface area contributed by atoms with E-state index in [2.05, 4.69) is 10.6 Å². The van der Waals surface area contributed by atoms with Gasteiger partial charge in [0, 0.05) is 23.2 Å². The van der Waals surface area contributed by atoms with Crippen molar-refractivity contribution in [2.75, 3.05) is 18.5 Å². The monoisotopic (exact) mass is 424 g/mol. The van der Waals surface area contributed by atoms with Crippen molar-refractivity contribution < 1.29 is 23.9 Å². The molecule has 2 amide bonds. The molecule has 2 rings (SSSR count). The number of hydrogen-bond donors (Lipinski definition) is 2. The first-order chi connectivity index (χ1) is 14.7. The van der Waals surface area contributed by atoms with Gasteiger partial charge in [-0.15, -0.1) is 0 Å². The number of Topliss-reactive ketones (excluding diaryl/α,β-unsaturated/α-hetero) is 1. The Bertz CT molecular complexity index is 964. The molecule has 2 aromatic carbocycles. The van der Waals surface area contributed by atoms with Crippen LogP contribution in [0, 0.1) is 19.8 Å². The van der Waals surface area contributed by atoms with Crippen LogP contribution in [0.5, 0.6) is 0 Å². The predicted molar refractivity (Wildman–Crippen MR) is 118 cm³/mol. The van der Waals surface area contributed by atoms with Crippen LogP contribution in [0.3, 0.4) is 0 Å². The summed E-state index contributed by atoms with van der Waals surface area (Å²) >= 11 is 0. The van der Waals surface area contributed by atoms with Crippen molar-refractivity contribution in [1.82, 2.24) is 5.32 Å². The number of carbonyl (C=O) groups is 4. The average Bonchev–Trinajstić information content (AvgIpc) is 2.72. The molecule has 0 spiro atoms. The fraction of sp³-hybridized carbons (Fsp3) is 0.333. The zero-order valence-corrected chi connectivity index (χ0v) is 18.3. The maximum atomic E-state index is 12.2. The van der Waals surface area contributed by atoms with Gasteiger partial charge in [-0.25, -0.2) is 0 Å². The van der Waals surface area contributed by atoms with Crippen LogP contribution < -0.4 is 10.6 Å². The Balaban J connectivity index is 1.78. The number of aryl methyl sites for hydroxylation is 2. The molecule has 164 valence electrons. The number of nitrogens with one attached hydrogen (secondary N) is 2. The molecular formula is C24H28N2O5. The number of hydrogen-bond acceptors (Lipinski definition) is 5. The van der Waals surface area contributed by atoms with Crippen LogP contribution in [0.25, 0.3) is 0 Å². The molecule has 0 bridgehead atoms. The predicted octanol–water partition coefficient (Wildman–Crippen LogP) is 3.44. The fourth-order valence-electron chi connectivity index (χ4n) is 2.74. The highest BCUT2D eigenvalue weighted by Crippen LogP contribution is 2.12. The third-order valence-corrected chi connectivity index (χ3v) is 4.61. The van der Waals surface area contributed by atoms with Crippen molar-refractivity contribution in [1.29, 1.82) is 0 Å². The van der Waals surface area contributed by atoms with Gasteiger partial charge >= 0.3 is 5.97 Å². The second-order valence-corrected chi connectivity index (χ2v) is 7.79. The molecule has 0 saturated heterocycles. The van der Waals surface area contributed by atoms with Gasteiger partial charge in [0.15, 0.2) is 12.4 Å². The molecule has 0 unspecified atom stereocenters. The summed E-state index contributed by atoms with van der Waals surface area (Å²) in [6.07, 6.45) is 0.413. The van der Waals surface area contributed by atoms with Gasteiger partial charge in [0.25, 0.3) is 5.91 Å². The molecule has 0 radical (unpaired) electrons. The molecule has 0 heterocycles. The van der Waals surface area contributed by atoms with Crippen molar-refractivity contribution in [3.05, 3.63) is 64.7 Å². The number of ether oxygens (including phenoxy) is 1. The number of ketones is 1. The van der Waals surface area contributed by atoms with E-state index in [4.69, 9.17) is 4.74 Å². The van der Waals surface area contributed by atoms with E-state index in [1.165, 1.54) is 0 Å². The lowest BCUT2D eigenvalue weighted by Crippen LogP contribution is -2.31. The minimum absolute atomic E-state index is 0.0918. The van der Waals surface area contributed by atoms with E-state index in [-0.39, 0.29) is 30.1 Å². The van der Waals surface area contributed by atoms with E-state index in [0.29, 0.717) is 23.2 Å². The number of carbonyl (C=O) groups excluding carboxylic acids is 4. The van der Waals surface area contributed by atoms with Crippen molar-refractivity contribution in [2.24, 2.45) is 5.92 Å². The summed E-state index contributed by atoms with van der Waals surface area (Å²) in [6, 6.07) is 11.6. The normalized spacial score (nSPS) is 10.5. The number of anilines is 1. The van der Waals surface area contributed by atoms with Crippen molar-refractivity contribution in [3.63, 3.8) is 0 Å². The maximum Gasteiger partial charge on any atom is 0.325 e. The summed E-state index contributed by atoms with van der Waals surface area (Å²) in [5.74, 6) is -1.31. The molecule has 7 heteroatoms. The molecule has 0 aliphatic carbocycles. The number of esters is 1. The molecule has 0 saturated carbocycles. The topological polar surface area (TPSA) is 102 Å². The fourth-order valence-corrected chi connectivity index (χ4v) is 2.74. The summed E-state index contributed by atoms with van der Waals surface area (Å²) in [4.78, 5) is 48.0. The molecule has 0 aliphatic rings. The SMILES string of the molecule is Cc1ccc(C(=O)NCC(=O)OCC(=O)c2ccc(NC(=O)CC(C)C)cc2)cc1C.